The second-order valence-electron chi connectivity index (χ2n) is 6.49. The molecule has 0 aliphatic carbocycles. The zero-order valence-electron chi connectivity index (χ0n) is 15.4. The van der Waals surface area contributed by atoms with E-state index in [4.69, 9.17) is 9.47 Å². The SMILES string of the molecule is C[C@H](Oc1ccccc1)C(=O)N[C@@H](C)c1ccc(N2CCOCC2)cc1. The number of amides is 1. The summed E-state index contributed by atoms with van der Waals surface area (Å²) in [7, 11) is 0. The molecule has 1 aliphatic rings. The quantitative estimate of drug-likeness (QED) is 0.866. The van der Waals surface area contributed by atoms with Gasteiger partial charge in [0, 0.05) is 18.8 Å². The Balaban J connectivity index is 1.55. The predicted octanol–water partition coefficient (Wildman–Crippen LogP) is 3.17. The smallest absolute Gasteiger partial charge is 0.261 e. The van der Waals surface area contributed by atoms with E-state index in [1.807, 2.05) is 37.3 Å². The van der Waals surface area contributed by atoms with E-state index < -0.39 is 6.10 Å². The van der Waals surface area contributed by atoms with Crippen LogP contribution in [0.25, 0.3) is 0 Å². The Bertz CT molecular complexity index is 697. The van der Waals surface area contributed by atoms with Crippen LogP contribution in [0.5, 0.6) is 5.75 Å². The monoisotopic (exact) mass is 354 g/mol. The summed E-state index contributed by atoms with van der Waals surface area (Å²) < 4.78 is 11.1. The Morgan fingerprint density at radius 3 is 2.35 bits per heavy atom. The first-order chi connectivity index (χ1) is 12.6. The molecule has 2 aromatic carbocycles. The first-order valence-corrected chi connectivity index (χ1v) is 9.08. The average Bonchev–Trinajstić information content (AvgIpc) is 2.69. The number of hydrogen-bond acceptors (Lipinski definition) is 4. The lowest BCUT2D eigenvalue weighted by Crippen LogP contribution is -2.38. The number of hydrogen-bond donors (Lipinski definition) is 1. The third kappa shape index (κ3) is 4.76. The molecular weight excluding hydrogens is 328 g/mol. The standard InChI is InChI=1S/C21H26N2O3/c1-16(22-21(24)17(2)26-20-6-4-3-5-7-20)18-8-10-19(11-9-18)23-12-14-25-15-13-23/h3-11,16-17H,12-15H2,1-2H3,(H,22,24)/t16-,17-/m0/s1. The van der Waals surface area contributed by atoms with E-state index in [0.717, 1.165) is 31.9 Å². The number of nitrogens with zero attached hydrogens (tertiary/aromatic N) is 1. The third-order valence-corrected chi connectivity index (χ3v) is 4.55. The number of anilines is 1. The third-order valence-electron chi connectivity index (χ3n) is 4.55. The van der Waals surface area contributed by atoms with Gasteiger partial charge in [0.2, 0.25) is 0 Å². The van der Waals surface area contributed by atoms with Crippen molar-refractivity contribution in [2.24, 2.45) is 0 Å². The van der Waals surface area contributed by atoms with Crippen molar-refractivity contribution < 1.29 is 14.3 Å². The molecule has 2 aromatic rings. The van der Waals surface area contributed by atoms with Crippen molar-refractivity contribution in [1.29, 1.82) is 0 Å². The molecule has 0 unspecified atom stereocenters. The molecule has 1 amide bonds. The van der Waals surface area contributed by atoms with Gasteiger partial charge in [-0.1, -0.05) is 30.3 Å². The predicted molar refractivity (Wildman–Crippen MR) is 103 cm³/mol. The highest BCUT2D eigenvalue weighted by Crippen LogP contribution is 2.20. The van der Waals surface area contributed by atoms with Crippen molar-refractivity contribution in [3.05, 3.63) is 60.2 Å². The van der Waals surface area contributed by atoms with Crippen LogP contribution in [0.2, 0.25) is 0 Å². The summed E-state index contributed by atoms with van der Waals surface area (Å²) in [4.78, 5) is 14.7. The van der Waals surface area contributed by atoms with Gasteiger partial charge in [-0.2, -0.15) is 0 Å². The zero-order chi connectivity index (χ0) is 18.4. The number of ether oxygens (including phenoxy) is 2. The maximum absolute atomic E-state index is 12.4. The van der Waals surface area contributed by atoms with Crippen LogP contribution in [0, 0.1) is 0 Å². The fraction of sp³-hybridized carbons (Fsp3) is 0.381. The van der Waals surface area contributed by atoms with Crippen molar-refractivity contribution in [3.63, 3.8) is 0 Å². The minimum atomic E-state index is -0.549. The largest absolute Gasteiger partial charge is 0.481 e. The summed E-state index contributed by atoms with van der Waals surface area (Å²) in [6.07, 6.45) is -0.549. The Labute approximate surface area is 154 Å². The minimum Gasteiger partial charge on any atom is -0.481 e. The summed E-state index contributed by atoms with van der Waals surface area (Å²) in [5.74, 6) is 0.566. The lowest BCUT2D eigenvalue weighted by atomic mass is 10.1. The summed E-state index contributed by atoms with van der Waals surface area (Å²) in [6.45, 7) is 7.12. The van der Waals surface area contributed by atoms with Gasteiger partial charge >= 0.3 is 0 Å². The zero-order valence-corrected chi connectivity index (χ0v) is 15.4. The molecule has 3 rings (SSSR count). The van der Waals surface area contributed by atoms with E-state index >= 15 is 0 Å². The molecule has 0 saturated carbocycles. The molecule has 5 heteroatoms. The van der Waals surface area contributed by atoms with Gasteiger partial charge < -0.3 is 19.7 Å². The number of nitrogens with one attached hydrogen (secondary N) is 1. The highest BCUT2D eigenvalue weighted by molar-refractivity contribution is 5.81. The van der Waals surface area contributed by atoms with Gasteiger partial charge in [-0.15, -0.1) is 0 Å². The molecule has 5 nitrogen and oxygen atoms in total. The highest BCUT2D eigenvalue weighted by Gasteiger charge is 2.18. The van der Waals surface area contributed by atoms with E-state index in [1.165, 1.54) is 5.69 Å². The molecule has 1 saturated heterocycles. The Hall–Kier alpha value is -2.53. The summed E-state index contributed by atoms with van der Waals surface area (Å²) in [5.41, 5.74) is 2.26. The number of para-hydroxylation sites is 1. The van der Waals surface area contributed by atoms with E-state index in [2.05, 4.69) is 34.5 Å². The lowest BCUT2D eigenvalue weighted by Gasteiger charge is -2.29. The number of carbonyl (C=O) groups is 1. The van der Waals surface area contributed by atoms with Gasteiger partial charge in [0.25, 0.3) is 5.91 Å². The van der Waals surface area contributed by atoms with Crippen LogP contribution in [0.4, 0.5) is 5.69 Å². The van der Waals surface area contributed by atoms with Gasteiger partial charge in [0.05, 0.1) is 19.3 Å². The molecule has 0 aromatic heterocycles. The van der Waals surface area contributed by atoms with Crippen molar-refractivity contribution in [2.75, 3.05) is 31.2 Å². The van der Waals surface area contributed by atoms with Gasteiger partial charge in [0.15, 0.2) is 6.10 Å². The fourth-order valence-electron chi connectivity index (χ4n) is 2.97. The van der Waals surface area contributed by atoms with Crippen LogP contribution in [-0.2, 0) is 9.53 Å². The van der Waals surface area contributed by atoms with Crippen LogP contribution >= 0.6 is 0 Å². The Morgan fingerprint density at radius 2 is 1.69 bits per heavy atom. The lowest BCUT2D eigenvalue weighted by molar-refractivity contribution is -0.127. The maximum Gasteiger partial charge on any atom is 0.261 e. The average molecular weight is 354 g/mol. The first kappa shape index (κ1) is 18.3. The second-order valence-corrected chi connectivity index (χ2v) is 6.49. The highest BCUT2D eigenvalue weighted by atomic mass is 16.5. The van der Waals surface area contributed by atoms with Crippen molar-refractivity contribution >= 4 is 11.6 Å². The molecule has 2 atom stereocenters. The van der Waals surface area contributed by atoms with Crippen LogP contribution < -0.4 is 15.0 Å². The van der Waals surface area contributed by atoms with E-state index in [9.17, 15) is 4.79 Å². The van der Waals surface area contributed by atoms with Crippen molar-refractivity contribution in [3.8, 4) is 5.75 Å². The molecule has 1 fully saturated rings. The maximum atomic E-state index is 12.4. The van der Waals surface area contributed by atoms with Gasteiger partial charge in [0.1, 0.15) is 5.75 Å². The number of rotatable bonds is 6. The summed E-state index contributed by atoms with van der Waals surface area (Å²) >= 11 is 0. The van der Waals surface area contributed by atoms with E-state index in [0.29, 0.717) is 5.75 Å². The first-order valence-electron chi connectivity index (χ1n) is 9.08. The Kier molecular flexibility index (Phi) is 6.12. The van der Waals surface area contributed by atoms with Crippen LogP contribution in [0.1, 0.15) is 25.5 Å². The van der Waals surface area contributed by atoms with Crippen molar-refractivity contribution in [1.82, 2.24) is 5.32 Å². The summed E-state index contributed by atoms with van der Waals surface area (Å²) in [6, 6.07) is 17.6. The van der Waals surface area contributed by atoms with E-state index in [-0.39, 0.29) is 11.9 Å². The molecule has 26 heavy (non-hydrogen) atoms. The molecule has 0 radical (unpaired) electrons. The van der Waals surface area contributed by atoms with Gasteiger partial charge in [-0.05, 0) is 43.7 Å². The molecule has 0 bridgehead atoms. The Morgan fingerprint density at radius 1 is 1.04 bits per heavy atom. The fourth-order valence-corrected chi connectivity index (χ4v) is 2.97. The number of morpholine rings is 1. The van der Waals surface area contributed by atoms with Crippen molar-refractivity contribution in [2.45, 2.75) is 26.0 Å². The summed E-state index contributed by atoms with van der Waals surface area (Å²) in [5, 5.41) is 3.02. The molecule has 138 valence electrons. The molecule has 0 spiro atoms. The molecular formula is C21H26N2O3. The molecule has 1 aliphatic heterocycles. The van der Waals surface area contributed by atoms with Crippen LogP contribution in [0.3, 0.4) is 0 Å². The number of carbonyl (C=O) groups excluding carboxylic acids is 1. The van der Waals surface area contributed by atoms with Crippen LogP contribution in [0.15, 0.2) is 54.6 Å². The number of benzene rings is 2. The second kappa shape index (κ2) is 8.72. The molecule has 1 N–H and O–H groups in total. The minimum absolute atomic E-state index is 0.0805. The van der Waals surface area contributed by atoms with Gasteiger partial charge in [-0.3, -0.25) is 4.79 Å². The topological polar surface area (TPSA) is 50.8 Å². The molecule has 1 heterocycles. The normalized spacial score (nSPS) is 16.6. The van der Waals surface area contributed by atoms with Gasteiger partial charge in [-0.25, -0.2) is 0 Å². The van der Waals surface area contributed by atoms with E-state index in [1.54, 1.807) is 6.92 Å². The van der Waals surface area contributed by atoms with Crippen LogP contribution in [-0.4, -0.2) is 38.3 Å².